The van der Waals surface area contributed by atoms with Gasteiger partial charge in [-0.15, -0.1) is 0 Å². The standard InChI is InChI=1S/C32H33N9O2/c1-37-9-5-32(6-10-37)7-11-40(20-32)31(43)39-13-12-38-19-24(23-15-21(16-33)14-22(18-39)29(23)38)27-28(35-36-30(27)42)25-17-34-26-4-2-3-8-41(25)26/h2-4,8,14-15,17,19H,5-7,9-13,18,20H2,1H3,(H2,35,36,42). The van der Waals surface area contributed by atoms with E-state index in [4.69, 9.17) is 0 Å². The molecule has 2 N–H and O–H groups in total. The molecule has 11 nitrogen and oxygen atoms in total. The maximum atomic E-state index is 13.9. The number of urea groups is 1. The molecule has 5 aromatic rings. The van der Waals surface area contributed by atoms with Crippen molar-refractivity contribution in [2.75, 3.05) is 39.8 Å². The van der Waals surface area contributed by atoms with Gasteiger partial charge in [-0.05, 0) is 74.6 Å². The monoisotopic (exact) mass is 575 g/mol. The third kappa shape index (κ3) is 4.08. The van der Waals surface area contributed by atoms with Crippen LogP contribution in [0.25, 0.3) is 39.1 Å². The summed E-state index contributed by atoms with van der Waals surface area (Å²) in [5, 5.41) is 16.7. The lowest BCUT2D eigenvalue weighted by Gasteiger charge is -2.38. The molecule has 0 bridgehead atoms. The number of hydrogen-bond donors (Lipinski definition) is 2. The first-order valence-corrected chi connectivity index (χ1v) is 14.9. The first-order valence-electron chi connectivity index (χ1n) is 14.9. The Labute approximate surface area is 247 Å². The summed E-state index contributed by atoms with van der Waals surface area (Å²) in [5.41, 5.74) is 5.82. The van der Waals surface area contributed by atoms with Crippen molar-refractivity contribution >= 4 is 22.6 Å². The van der Waals surface area contributed by atoms with Gasteiger partial charge in [0.1, 0.15) is 5.65 Å². The van der Waals surface area contributed by atoms with Crippen LogP contribution in [0.1, 0.15) is 30.4 Å². The second-order valence-corrected chi connectivity index (χ2v) is 12.5. The number of nitriles is 1. The SMILES string of the molecule is CN1CCC2(CC1)CCN(C(=O)N1CCn3cc(-c4c(-c5cnc6ccccn56)[nH][nH]c4=O)c4cc(C#N)cc(c43)C1)C2. The molecule has 8 rings (SSSR count). The molecule has 0 atom stereocenters. The number of aromatic nitrogens is 5. The molecule has 2 fully saturated rings. The minimum absolute atomic E-state index is 0.0780. The normalized spacial score (nSPS) is 18.5. The van der Waals surface area contributed by atoms with E-state index in [0.717, 1.165) is 78.8 Å². The number of piperidine rings is 1. The van der Waals surface area contributed by atoms with Crippen molar-refractivity contribution in [2.45, 2.75) is 32.4 Å². The first-order chi connectivity index (χ1) is 20.9. The van der Waals surface area contributed by atoms with E-state index in [9.17, 15) is 14.9 Å². The third-order valence-corrected chi connectivity index (χ3v) is 9.90. The highest BCUT2D eigenvalue weighted by molar-refractivity contribution is 6.01. The quantitative estimate of drug-likeness (QED) is 0.331. The lowest BCUT2D eigenvalue weighted by atomic mass is 9.78. The molecular weight excluding hydrogens is 542 g/mol. The van der Waals surface area contributed by atoms with Crippen LogP contribution in [0.3, 0.4) is 0 Å². The summed E-state index contributed by atoms with van der Waals surface area (Å²) in [7, 11) is 2.17. The van der Waals surface area contributed by atoms with Crippen molar-refractivity contribution in [3.05, 3.63) is 70.4 Å². The Hall–Kier alpha value is -4.82. The van der Waals surface area contributed by atoms with Gasteiger partial charge in [-0.2, -0.15) is 5.26 Å². The summed E-state index contributed by atoms with van der Waals surface area (Å²) in [6, 6.07) is 11.9. The van der Waals surface area contributed by atoms with Gasteiger partial charge in [0.05, 0.1) is 40.3 Å². The van der Waals surface area contributed by atoms with E-state index < -0.39 is 0 Å². The lowest BCUT2D eigenvalue weighted by molar-refractivity contribution is 0.118. The van der Waals surface area contributed by atoms with Crippen LogP contribution in [0.2, 0.25) is 0 Å². The number of carbonyl (C=O) groups is 1. The van der Waals surface area contributed by atoms with Gasteiger partial charge in [0.25, 0.3) is 5.56 Å². The summed E-state index contributed by atoms with van der Waals surface area (Å²) in [4.78, 5) is 38.1. The number of nitrogens with one attached hydrogen (secondary N) is 2. The first kappa shape index (κ1) is 25.9. The van der Waals surface area contributed by atoms with Crippen molar-refractivity contribution in [3.63, 3.8) is 0 Å². The molecule has 2 amide bonds. The molecule has 3 aliphatic rings. The molecule has 0 unspecified atom stereocenters. The number of nitrogens with zero attached hydrogens (tertiary/aromatic N) is 7. The van der Waals surface area contributed by atoms with Crippen LogP contribution < -0.4 is 5.56 Å². The fraction of sp³-hybridized carbons (Fsp3) is 0.375. The molecule has 2 saturated heterocycles. The summed E-state index contributed by atoms with van der Waals surface area (Å²) < 4.78 is 4.08. The highest BCUT2D eigenvalue weighted by atomic mass is 16.2. The van der Waals surface area contributed by atoms with Crippen molar-refractivity contribution in [3.8, 4) is 28.6 Å². The van der Waals surface area contributed by atoms with Crippen molar-refractivity contribution in [1.82, 2.24) is 38.8 Å². The molecular formula is C32H33N9O2. The molecule has 4 aromatic heterocycles. The van der Waals surface area contributed by atoms with Crippen LogP contribution in [0.5, 0.6) is 0 Å². The van der Waals surface area contributed by atoms with Gasteiger partial charge in [0, 0.05) is 56.1 Å². The van der Waals surface area contributed by atoms with E-state index >= 15 is 0 Å². The molecule has 0 aliphatic carbocycles. The predicted octanol–water partition coefficient (Wildman–Crippen LogP) is 3.86. The minimum atomic E-state index is -0.241. The van der Waals surface area contributed by atoms with Gasteiger partial charge in [-0.1, -0.05) is 6.07 Å². The van der Waals surface area contributed by atoms with Crippen molar-refractivity contribution < 1.29 is 4.79 Å². The van der Waals surface area contributed by atoms with E-state index in [0.29, 0.717) is 36.5 Å². The summed E-state index contributed by atoms with van der Waals surface area (Å²) >= 11 is 0. The predicted molar refractivity (Wildman–Crippen MR) is 162 cm³/mol. The van der Waals surface area contributed by atoms with Gasteiger partial charge < -0.3 is 19.3 Å². The Morgan fingerprint density at radius 2 is 1.88 bits per heavy atom. The number of carbonyl (C=O) groups excluding carboxylic acids is 1. The second-order valence-electron chi connectivity index (χ2n) is 12.5. The van der Waals surface area contributed by atoms with Gasteiger partial charge in [-0.25, -0.2) is 9.78 Å². The largest absolute Gasteiger partial charge is 0.345 e. The number of fused-ring (bicyclic) bond motifs is 1. The number of likely N-dealkylation sites (tertiary alicyclic amines) is 2. The Morgan fingerprint density at radius 3 is 2.72 bits per heavy atom. The second kappa shape index (κ2) is 9.61. The van der Waals surface area contributed by atoms with E-state index in [1.165, 1.54) is 0 Å². The maximum Gasteiger partial charge on any atom is 0.320 e. The molecule has 3 aliphatic heterocycles. The molecule has 218 valence electrons. The Balaban J connectivity index is 1.17. The fourth-order valence-corrected chi connectivity index (χ4v) is 7.49. The highest BCUT2D eigenvalue weighted by Gasteiger charge is 2.42. The number of aromatic amines is 2. The zero-order valence-electron chi connectivity index (χ0n) is 24.1. The number of benzene rings is 1. The molecule has 0 saturated carbocycles. The van der Waals surface area contributed by atoms with Crippen molar-refractivity contribution in [1.29, 1.82) is 5.26 Å². The zero-order valence-corrected chi connectivity index (χ0v) is 24.1. The zero-order chi connectivity index (χ0) is 29.3. The molecule has 43 heavy (non-hydrogen) atoms. The fourth-order valence-electron chi connectivity index (χ4n) is 7.49. The Bertz CT molecular complexity index is 2000. The van der Waals surface area contributed by atoms with Crippen LogP contribution in [0, 0.1) is 16.7 Å². The summed E-state index contributed by atoms with van der Waals surface area (Å²) in [6.07, 6.45) is 9.02. The van der Waals surface area contributed by atoms with Gasteiger partial charge in [-0.3, -0.25) is 19.4 Å². The average Bonchev–Trinajstić information content (AvgIpc) is 3.78. The van der Waals surface area contributed by atoms with Crippen LogP contribution in [0.4, 0.5) is 4.79 Å². The number of H-pyrrole nitrogens is 2. The van der Waals surface area contributed by atoms with Crippen LogP contribution in [0.15, 0.2) is 53.7 Å². The molecule has 11 heteroatoms. The molecule has 1 spiro atoms. The van der Waals surface area contributed by atoms with Gasteiger partial charge in [0.15, 0.2) is 0 Å². The van der Waals surface area contributed by atoms with E-state index in [-0.39, 0.29) is 17.0 Å². The lowest BCUT2D eigenvalue weighted by Crippen LogP contribution is -2.45. The Kier molecular flexibility index (Phi) is 5.78. The minimum Gasteiger partial charge on any atom is -0.345 e. The summed E-state index contributed by atoms with van der Waals surface area (Å²) in [5.74, 6) is 0. The number of imidazole rings is 1. The van der Waals surface area contributed by atoms with Crippen molar-refractivity contribution in [2.24, 2.45) is 5.41 Å². The van der Waals surface area contributed by atoms with E-state index in [1.54, 1.807) is 6.20 Å². The van der Waals surface area contributed by atoms with Crippen LogP contribution in [-0.2, 0) is 13.1 Å². The van der Waals surface area contributed by atoms with Gasteiger partial charge >= 0.3 is 6.03 Å². The molecule has 0 radical (unpaired) electrons. The number of amides is 2. The number of rotatable bonds is 2. The average molecular weight is 576 g/mol. The highest BCUT2D eigenvalue weighted by Crippen LogP contribution is 2.41. The van der Waals surface area contributed by atoms with E-state index in [2.05, 4.69) is 37.8 Å². The van der Waals surface area contributed by atoms with Crippen LogP contribution in [-0.4, -0.2) is 84.7 Å². The maximum absolute atomic E-state index is 13.9. The summed E-state index contributed by atoms with van der Waals surface area (Å²) in [6.45, 7) is 5.36. The van der Waals surface area contributed by atoms with E-state index in [1.807, 2.05) is 56.9 Å². The van der Waals surface area contributed by atoms with Gasteiger partial charge in [0.2, 0.25) is 0 Å². The van der Waals surface area contributed by atoms with Crippen LogP contribution >= 0.6 is 0 Å². The molecule has 1 aromatic carbocycles. The topological polar surface area (TPSA) is 121 Å². The number of hydrogen-bond acceptors (Lipinski definition) is 5. The number of pyridine rings is 1. The smallest absolute Gasteiger partial charge is 0.320 e. The Morgan fingerprint density at radius 1 is 1.05 bits per heavy atom. The third-order valence-electron chi connectivity index (χ3n) is 9.90. The molecule has 7 heterocycles.